The van der Waals surface area contributed by atoms with Gasteiger partial charge in [0.05, 0.1) is 12.0 Å². The number of aryl methyl sites for hydroxylation is 2. The zero-order chi connectivity index (χ0) is 22.9. The zero-order valence-corrected chi connectivity index (χ0v) is 18.4. The number of nitrogens with one attached hydrogen (secondary N) is 1. The molecule has 0 bridgehead atoms. The third-order valence-corrected chi connectivity index (χ3v) is 7.39. The fourth-order valence-electron chi connectivity index (χ4n) is 5.42. The molecule has 3 aliphatic rings. The van der Waals surface area contributed by atoms with Crippen LogP contribution >= 0.6 is 0 Å². The molecule has 1 fully saturated rings. The number of carbonyl (C=O) groups excluding carboxylic acids is 1. The van der Waals surface area contributed by atoms with E-state index in [1.54, 1.807) is 17.4 Å². The number of carbonyl (C=O) groups is 1. The molecule has 6 rings (SSSR count). The highest BCUT2D eigenvalue weighted by Crippen LogP contribution is 2.46. The van der Waals surface area contributed by atoms with Gasteiger partial charge in [-0.25, -0.2) is 13.8 Å². The van der Waals surface area contributed by atoms with Crippen molar-refractivity contribution in [2.24, 2.45) is 16.8 Å². The minimum Gasteiger partial charge on any atom is -0.458 e. The molecule has 4 heterocycles. The Morgan fingerprint density at radius 3 is 2.79 bits per heavy atom. The summed E-state index contributed by atoms with van der Waals surface area (Å²) in [5.74, 6) is 0.0735. The van der Waals surface area contributed by atoms with Crippen molar-refractivity contribution in [1.82, 2.24) is 14.9 Å². The summed E-state index contributed by atoms with van der Waals surface area (Å²) >= 11 is 0. The standard InChI is InChI=1S/C25H24F2N4O2/c1-12-3-4-13(2)23-16(12)9-18(33-23)22-20-17(29-11-30-20)7-8-31(22)25(32)19-15-6-5-14(15)10-28-21(19)24(26)27/h3-4,9-11,14-15,22,24H,5-8H2,1-2H3,(H,29,30)/t14?,15?,22-/m0/s1. The number of hydrogen-bond donors (Lipinski definition) is 1. The van der Waals surface area contributed by atoms with E-state index in [1.165, 1.54) is 0 Å². The van der Waals surface area contributed by atoms with Crippen LogP contribution in [0.3, 0.4) is 0 Å². The number of nitrogens with zero attached hydrogens (tertiary/aromatic N) is 3. The lowest BCUT2D eigenvalue weighted by Gasteiger charge is -2.42. The summed E-state index contributed by atoms with van der Waals surface area (Å²) in [4.78, 5) is 27.2. The molecule has 1 aromatic carbocycles. The van der Waals surface area contributed by atoms with Crippen LogP contribution in [-0.4, -0.2) is 40.0 Å². The van der Waals surface area contributed by atoms with Gasteiger partial charge in [0, 0.05) is 41.8 Å². The lowest BCUT2D eigenvalue weighted by molar-refractivity contribution is -0.131. The second-order valence-corrected chi connectivity index (χ2v) is 9.23. The summed E-state index contributed by atoms with van der Waals surface area (Å²) in [5, 5.41) is 0.980. The first-order valence-electron chi connectivity index (χ1n) is 11.3. The fourth-order valence-corrected chi connectivity index (χ4v) is 5.42. The summed E-state index contributed by atoms with van der Waals surface area (Å²) in [6, 6.07) is 5.41. The number of allylic oxidation sites excluding steroid dienone is 1. The van der Waals surface area contributed by atoms with Gasteiger partial charge in [-0.15, -0.1) is 0 Å². The maximum absolute atomic E-state index is 13.9. The van der Waals surface area contributed by atoms with E-state index < -0.39 is 12.5 Å². The lowest BCUT2D eigenvalue weighted by atomic mass is 9.68. The topological polar surface area (TPSA) is 74.5 Å². The minimum absolute atomic E-state index is 0.0622. The number of furan rings is 1. The molecule has 1 amide bonds. The van der Waals surface area contributed by atoms with Crippen molar-refractivity contribution in [2.45, 2.75) is 45.6 Å². The number of benzene rings is 1. The number of amides is 1. The smallest absolute Gasteiger partial charge is 0.280 e. The molecule has 0 radical (unpaired) electrons. The maximum Gasteiger partial charge on any atom is 0.280 e. The van der Waals surface area contributed by atoms with Gasteiger partial charge in [0.25, 0.3) is 12.3 Å². The van der Waals surface area contributed by atoms with E-state index >= 15 is 0 Å². The van der Waals surface area contributed by atoms with Gasteiger partial charge in [0.1, 0.15) is 23.1 Å². The number of fused-ring (bicyclic) bond motifs is 3. The number of imidazole rings is 1. The van der Waals surface area contributed by atoms with Crippen LogP contribution in [-0.2, 0) is 11.2 Å². The Morgan fingerprint density at radius 1 is 1.24 bits per heavy atom. The molecule has 2 aliphatic heterocycles. The van der Waals surface area contributed by atoms with Crippen molar-refractivity contribution >= 4 is 23.1 Å². The van der Waals surface area contributed by atoms with Crippen molar-refractivity contribution in [1.29, 1.82) is 0 Å². The highest BCUT2D eigenvalue weighted by atomic mass is 19.3. The molecule has 6 nitrogen and oxygen atoms in total. The molecule has 3 atom stereocenters. The van der Waals surface area contributed by atoms with Gasteiger partial charge in [-0.3, -0.25) is 9.79 Å². The molecule has 1 aliphatic carbocycles. The number of aromatic amines is 1. The molecule has 3 aromatic rings. The van der Waals surface area contributed by atoms with Crippen molar-refractivity contribution in [3.63, 3.8) is 0 Å². The summed E-state index contributed by atoms with van der Waals surface area (Å²) < 4.78 is 34.1. The highest BCUT2D eigenvalue weighted by molar-refractivity contribution is 5.97. The Kier molecular flexibility index (Phi) is 4.54. The van der Waals surface area contributed by atoms with Crippen LogP contribution in [0.1, 0.15) is 47.2 Å². The van der Waals surface area contributed by atoms with Gasteiger partial charge in [-0.1, -0.05) is 12.1 Å². The highest BCUT2D eigenvalue weighted by Gasteiger charge is 2.45. The van der Waals surface area contributed by atoms with Gasteiger partial charge >= 0.3 is 0 Å². The molecule has 0 saturated heterocycles. The fraction of sp³-hybridized carbons (Fsp3) is 0.400. The monoisotopic (exact) mass is 450 g/mol. The summed E-state index contributed by atoms with van der Waals surface area (Å²) in [7, 11) is 0. The molecular formula is C25H24F2N4O2. The number of rotatable bonds is 3. The van der Waals surface area contributed by atoms with Crippen LogP contribution < -0.4 is 0 Å². The third kappa shape index (κ3) is 2.99. The predicted octanol–water partition coefficient (Wildman–Crippen LogP) is 4.88. The largest absolute Gasteiger partial charge is 0.458 e. The molecule has 0 spiro atoms. The molecule has 2 aromatic heterocycles. The quantitative estimate of drug-likeness (QED) is 0.618. The van der Waals surface area contributed by atoms with Gasteiger partial charge in [0.15, 0.2) is 0 Å². The first-order valence-corrected chi connectivity index (χ1v) is 11.3. The van der Waals surface area contributed by atoms with Crippen LogP contribution in [0.25, 0.3) is 11.0 Å². The van der Waals surface area contributed by atoms with Crippen molar-refractivity contribution in [3.8, 4) is 0 Å². The Bertz CT molecular complexity index is 1300. The number of aromatic nitrogens is 2. The molecule has 1 saturated carbocycles. The maximum atomic E-state index is 13.9. The van der Waals surface area contributed by atoms with Crippen LogP contribution in [0, 0.1) is 25.7 Å². The third-order valence-electron chi connectivity index (χ3n) is 7.39. The van der Waals surface area contributed by atoms with E-state index in [9.17, 15) is 13.6 Å². The van der Waals surface area contributed by atoms with E-state index in [0.29, 0.717) is 24.4 Å². The van der Waals surface area contributed by atoms with E-state index in [4.69, 9.17) is 4.42 Å². The lowest BCUT2D eigenvalue weighted by Crippen LogP contribution is -2.46. The second kappa shape index (κ2) is 7.37. The molecule has 1 N–H and O–H groups in total. The summed E-state index contributed by atoms with van der Waals surface area (Å²) in [6.07, 6.45) is 2.59. The number of alkyl halides is 2. The van der Waals surface area contributed by atoms with Crippen LogP contribution in [0.4, 0.5) is 8.78 Å². The Hall–Kier alpha value is -3.29. The van der Waals surface area contributed by atoms with Crippen molar-refractivity contribution < 1.29 is 18.0 Å². The normalized spacial score (nSPS) is 24.3. The number of H-pyrrole nitrogens is 1. The predicted molar refractivity (Wildman–Crippen MR) is 119 cm³/mol. The average molecular weight is 450 g/mol. The molecule has 170 valence electrons. The van der Waals surface area contributed by atoms with Crippen LogP contribution in [0.2, 0.25) is 0 Å². The van der Waals surface area contributed by atoms with E-state index in [0.717, 1.165) is 40.6 Å². The molecule has 33 heavy (non-hydrogen) atoms. The molecule has 8 heteroatoms. The summed E-state index contributed by atoms with van der Waals surface area (Å²) in [5.41, 5.74) is 4.26. The Balaban J connectivity index is 1.49. The number of aliphatic imine (C=N–C) groups is 1. The van der Waals surface area contributed by atoms with E-state index in [1.807, 2.05) is 32.0 Å². The molecule has 2 unspecified atom stereocenters. The van der Waals surface area contributed by atoms with E-state index in [2.05, 4.69) is 15.0 Å². The average Bonchev–Trinajstić information content (AvgIpc) is 3.43. The van der Waals surface area contributed by atoms with Crippen molar-refractivity contribution in [3.05, 3.63) is 64.1 Å². The molecular weight excluding hydrogens is 426 g/mol. The van der Waals surface area contributed by atoms with Crippen molar-refractivity contribution in [2.75, 3.05) is 6.54 Å². The number of halogens is 2. The first-order chi connectivity index (χ1) is 15.9. The first kappa shape index (κ1) is 20.3. The Morgan fingerprint density at radius 2 is 2.06 bits per heavy atom. The minimum atomic E-state index is -2.79. The van der Waals surface area contributed by atoms with Gasteiger partial charge in [0.2, 0.25) is 0 Å². The van der Waals surface area contributed by atoms with Gasteiger partial charge in [-0.05, 0) is 49.8 Å². The van der Waals surface area contributed by atoms with Crippen LogP contribution in [0.15, 0.2) is 45.2 Å². The van der Waals surface area contributed by atoms with Crippen LogP contribution in [0.5, 0.6) is 0 Å². The number of hydrogen-bond acceptors (Lipinski definition) is 4. The Labute approximate surface area is 189 Å². The summed E-state index contributed by atoms with van der Waals surface area (Å²) in [6.45, 7) is 4.38. The second-order valence-electron chi connectivity index (χ2n) is 9.23. The van der Waals surface area contributed by atoms with E-state index in [-0.39, 0.29) is 29.0 Å². The zero-order valence-electron chi connectivity index (χ0n) is 18.4. The SMILES string of the molecule is Cc1ccc(C)c2oc([C@H]3c4nc[nH]c4CCN3C(=O)C3=C(C(F)F)N=CC4CCC34)cc12. The van der Waals surface area contributed by atoms with Gasteiger partial charge < -0.3 is 14.3 Å². The van der Waals surface area contributed by atoms with Gasteiger partial charge in [-0.2, -0.15) is 0 Å².